The Kier molecular flexibility index (Phi) is 5.67. The molecule has 0 radical (unpaired) electrons. The molecule has 0 saturated carbocycles. The highest BCUT2D eigenvalue weighted by molar-refractivity contribution is 8.00. The van der Waals surface area contributed by atoms with E-state index in [0.717, 1.165) is 37.9 Å². The van der Waals surface area contributed by atoms with Crippen LogP contribution in [0.2, 0.25) is 0 Å². The van der Waals surface area contributed by atoms with E-state index in [9.17, 15) is 4.79 Å². The molecule has 0 unspecified atom stereocenters. The Morgan fingerprint density at radius 1 is 1.03 bits per heavy atom. The number of carbonyl (C=O) groups is 1. The SMILES string of the molecule is COc1ccc2cc(CN(C)C(=O)CSc3ccnc4ccccc34)ccc2c1. The van der Waals surface area contributed by atoms with Crippen molar-refractivity contribution >= 4 is 39.3 Å². The minimum absolute atomic E-state index is 0.103. The highest BCUT2D eigenvalue weighted by atomic mass is 32.2. The Bertz CT molecular complexity index is 1170. The van der Waals surface area contributed by atoms with Crippen LogP contribution in [0, 0.1) is 0 Å². The Morgan fingerprint density at radius 2 is 1.83 bits per heavy atom. The number of benzene rings is 3. The van der Waals surface area contributed by atoms with Crippen molar-refractivity contribution in [2.75, 3.05) is 19.9 Å². The molecule has 0 N–H and O–H groups in total. The fraction of sp³-hybridized carbons (Fsp3) is 0.167. The molecule has 0 aliphatic heterocycles. The molecule has 1 heterocycles. The molecule has 5 heteroatoms. The maximum atomic E-state index is 12.7. The number of pyridine rings is 1. The van der Waals surface area contributed by atoms with Gasteiger partial charge in [0.15, 0.2) is 0 Å². The molecule has 4 nitrogen and oxygen atoms in total. The average Bonchev–Trinajstić information content (AvgIpc) is 2.77. The number of nitrogens with zero attached hydrogens (tertiary/aromatic N) is 2. The summed E-state index contributed by atoms with van der Waals surface area (Å²) in [5.74, 6) is 1.35. The summed E-state index contributed by atoms with van der Waals surface area (Å²) in [5.41, 5.74) is 2.06. The van der Waals surface area contributed by atoms with Crippen LogP contribution < -0.4 is 4.74 Å². The number of fused-ring (bicyclic) bond motifs is 2. The summed E-state index contributed by atoms with van der Waals surface area (Å²) in [6, 6.07) is 22.3. The third-order valence-electron chi connectivity index (χ3n) is 4.92. The van der Waals surface area contributed by atoms with Gasteiger partial charge < -0.3 is 9.64 Å². The monoisotopic (exact) mass is 402 g/mol. The number of carbonyl (C=O) groups excluding carboxylic acids is 1. The third kappa shape index (κ3) is 4.35. The van der Waals surface area contributed by atoms with Crippen molar-refractivity contribution in [3.8, 4) is 5.75 Å². The average molecular weight is 403 g/mol. The summed E-state index contributed by atoms with van der Waals surface area (Å²) in [6.45, 7) is 0.582. The van der Waals surface area contributed by atoms with Crippen molar-refractivity contribution in [1.29, 1.82) is 0 Å². The van der Waals surface area contributed by atoms with Gasteiger partial charge in [-0.1, -0.05) is 36.4 Å². The van der Waals surface area contributed by atoms with E-state index < -0.39 is 0 Å². The quantitative estimate of drug-likeness (QED) is 0.419. The molecule has 29 heavy (non-hydrogen) atoms. The van der Waals surface area contributed by atoms with Crippen LogP contribution in [-0.2, 0) is 11.3 Å². The molecule has 4 rings (SSSR count). The van der Waals surface area contributed by atoms with Crippen molar-refractivity contribution in [1.82, 2.24) is 9.88 Å². The van der Waals surface area contributed by atoms with E-state index in [0.29, 0.717) is 12.3 Å². The smallest absolute Gasteiger partial charge is 0.232 e. The number of aromatic nitrogens is 1. The summed E-state index contributed by atoms with van der Waals surface area (Å²) in [6.07, 6.45) is 1.79. The molecule has 0 aliphatic rings. The molecule has 1 amide bonds. The number of methoxy groups -OCH3 is 1. The summed E-state index contributed by atoms with van der Waals surface area (Å²) in [7, 11) is 3.52. The number of thioether (sulfide) groups is 1. The van der Waals surface area contributed by atoms with Crippen LogP contribution in [0.15, 0.2) is 77.8 Å². The Hall–Kier alpha value is -3.05. The lowest BCUT2D eigenvalue weighted by atomic mass is 10.1. The van der Waals surface area contributed by atoms with Gasteiger partial charge in [0, 0.05) is 30.1 Å². The van der Waals surface area contributed by atoms with E-state index in [1.807, 2.05) is 55.6 Å². The normalized spacial score (nSPS) is 11.0. The zero-order valence-electron chi connectivity index (χ0n) is 16.5. The Labute approximate surface area is 174 Å². The van der Waals surface area contributed by atoms with Crippen LogP contribution in [0.3, 0.4) is 0 Å². The second-order valence-electron chi connectivity index (χ2n) is 6.91. The van der Waals surface area contributed by atoms with Crippen molar-refractivity contribution in [2.24, 2.45) is 0 Å². The van der Waals surface area contributed by atoms with Gasteiger partial charge in [-0.25, -0.2) is 0 Å². The van der Waals surface area contributed by atoms with Gasteiger partial charge in [-0.3, -0.25) is 9.78 Å². The molecule has 1 aromatic heterocycles. The maximum absolute atomic E-state index is 12.7. The van der Waals surface area contributed by atoms with Gasteiger partial charge in [0.1, 0.15) is 5.75 Å². The van der Waals surface area contributed by atoms with Gasteiger partial charge in [-0.2, -0.15) is 0 Å². The van der Waals surface area contributed by atoms with Gasteiger partial charge in [0.2, 0.25) is 5.91 Å². The lowest BCUT2D eigenvalue weighted by molar-refractivity contribution is -0.127. The first kappa shape index (κ1) is 19.3. The van der Waals surface area contributed by atoms with Crippen LogP contribution in [0.1, 0.15) is 5.56 Å². The molecule has 0 atom stereocenters. The largest absolute Gasteiger partial charge is 0.497 e. The predicted molar refractivity (Wildman–Crippen MR) is 119 cm³/mol. The van der Waals surface area contributed by atoms with E-state index in [-0.39, 0.29) is 5.91 Å². The van der Waals surface area contributed by atoms with Gasteiger partial charge >= 0.3 is 0 Å². The first-order valence-electron chi connectivity index (χ1n) is 9.41. The van der Waals surface area contributed by atoms with Gasteiger partial charge in [-0.15, -0.1) is 11.8 Å². The van der Waals surface area contributed by atoms with Crippen molar-refractivity contribution in [3.05, 3.63) is 78.5 Å². The summed E-state index contributed by atoms with van der Waals surface area (Å²) >= 11 is 1.56. The molecule has 146 valence electrons. The van der Waals surface area contributed by atoms with Crippen LogP contribution >= 0.6 is 11.8 Å². The lowest BCUT2D eigenvalue weighted by Gasteiger charge is -2.18. The zero-order valence-corrected chi connectivity index (χ0v) is 17.3. The fourth-order valence-corrected chi connectivity index (χ4v) is 4.29. The minimum Gasteiger partial charge on any atom is -0.497 e. The van der Waals surface area contributed by atoms with E-state index in [4.69, 9.17) is 4.74 Å². The number of rotatable bonds is 6. The van der Waals surface area contributed by atoms with E-state index >= 15 is 0 Å². The van der Waals surface area contributed by atoms with Gasteiger partial charge in [0.05, 0.1) is 18.4 Å². The Morgan fingerprint density at radius 3 is 2.69 bits per heavy atom. The van der Waals surface area contributed by atoms with Crippen LogP contribution in [0.5, 0.6) is 5.75 Å². The van der Waals surface area contributed by atoms with Crippen molar-refractivity contribution < 1.29 is 9.53 Å². The van der Waals surface area contributed by atoms with Crippen molar-refractivity contribution in [2.45, 2.75) is 11.4 Å². The fourth-order valence-electron chi connectivity index (χ4n) is 3.31. The highest BCUT2D eigenvalue weighted by Gasteiger charge is 2.12. The molecule has 0 bridgehead atoms. The molecule has 0 aliphatic carbocycles. The summed E-state index contributed by atoms with van der Waals surface area (Å²) in [4.78, 5) is 19.9. The first-order valence-corrected chi connectivity index (χ1v) is 10.4. The summed E-state index contributed by atoms with van der Waals surface area (Å²) < 4.78 is 5.28. The molecule has 0 saturated heterocycles. The van der Waals surface area contributed by atoms with Crippen molar-refractivity contribution in [3.63, 3.8) is 0 Å². The minimum atomic E-state index is 0.103. The second-order valence-corrected chi connectivity index (χ2v) is 7.93. The van der Waals surface area contributed by atoms with Gasteiger partial charge in [0.25, 0.3) is 0 Å². The maximum Gasteiger partial charge on any atom is 0.232 e. The number of ether oxygens (including phenoxy) is 1. The third-order valence-corrected chi connectivity index (χ3v) is 5.98. The number of amides is 1. The number of hydrogen-bond donors (Lipinski definition) is 0. The first-order chi connectivity index (χ1) is 14.1. The molecule has 0 fully saturated rings. The highest BCUT2D eigenvalue weighted by Crippen LogP contribution is 2.27. The van der Waals surface area contributed by atoms with Crippen LogP contribution in [-0.4, -0.2) is 35.7 Å². The predicted octanol–water partition coefficient (Wildman–Crippen LogP) is 5.15. The van der Waals surface area contributed by atoms with E-state index in [1.54, 1.807) is 30.0 Å². The van der Waals surface area contributed by atoms with Gasteiger partial charge in [-0.05, 0) is 46.7 Å². The molecule has 0 spiro atoms. The number of hydrogen-bond acceptors (Lipinski definition) is 4. The van der Waals surface area contributed by atoms with Crippen LogP contribution in [0.25, 0.3) is 21.7 Å². The Balaban J connectivity index is 1.42. The second kappa shape index (κ2) is 8.53. The zero-order chi connectivity index (χ0) is 20.2. The van der Waals surface area contributed by atoms with Crippen LogP contribution in [0.4, 0.5) is 0 Å². The standard InChI is InChI=1S/C24H22N2O2S/c1-26(15-17-7-8-19-14-20(28-2)10-9-18(19)13-17)24(27)16-29-23-11-12-25-22-6-4-3-5-21(22)23/h3-14H,15-16H2,1-2H3. The molecular weight excluding hydrogens is 380 g/mol. The molecule has 3 aromatic carbocycles. The van der Waals surface area contributed by atoms with E-state index in [2.05, 4.69) is 23.2 Å². The molecular formula is C24H22N2O2S. The molecule has 4 aromatic rings. The lowest BCUT2D eigenvalue weighted by Crippen LogP contribution is -2.27. The topological polar surface area (TPSA) is 42.4 Å². The number of para-hydroxylation sites is 1. The summed E-state index contributed by atoms with van der Waals surface area (Å²) in [5, 5.41) is 3.35. The van der Waals surface area contributed by atoms with E-state index in [1.165, 1.54) is 0 Å².